The maximum absolute atomic E-state index is 12.4. The van der Waals surface area contributed by atoms with E-state index in [9.17, 15) is 18.0 Å². The first-order valence-electron chi connectivity index (χ1n) is 9.08. The Labute approximate surface area is 164 Å². The topological polar surface area (TPSA) is 92.8 Å². The Bertz CT molecular complexity index is 970. The number of amides is 2. The van der Waals surface area contributed by atoms with Crippen molar-refractivity contribution in [2.24, 2.45) is 0 Å². The van der Waals surface area contributed by atoms with E-state index in [1.165, 1.54) is 17.7 Å². The van der Waals surface area contributed by atoms with E-state index < -0.39 is 28.4 Å². The lowest BCUT2D eigenvalue weighted by Crippen LogP contribution is -2.41. The van der Waals surface area contributed by atoms with E-state index >= 15 is 0 Å². The summed E-state index contributed by atoms with van der Waals surface area (Å²) in [5.74, 6) is -0.553. The summed E-state index contributed by atoms with van der Waals surface area (Å²) in [5, 5.41) is 2.57. The zero-order valence-electron chi connectivity index (χ0n) is 15.6. The first kappa shape index (κ1) is 19.9. The van der Waals surface area contributed by atoms with E-state index in [4.69, 9.17) is 4.74 Å². The lowest BCUT2D eigenvalue weighted by Gasteiger charge is -2.15. The molecule has 1 aliphatic rings. The first-order valence-corrected chi connectivity index (χ1v) is 10.5. The van der Waals surface area contributed by atoms with Crippen molar-refractivity contribution in [1.29, 1.82) is 0 Å². The molecule has 28 heavy (non-hydrogen) atoms. The molecule has 3 rings (SSSR count). The molecule has 0 fully saturated rings. The molecule has 0 unspecified atom stereocenters. The van der Waals surface area contributed by atoms with Crippen LogP contribution in [0, 0.1) is 0 Å². The molecule has 7 nitrogen and oxygen atoms in total. The maximum atomic E-state index is 12.4. The summed E-state index contributed by atoms with van der Waals surface area (Å²) in [6.07, 6.45) is 2.09. The second-order valence-electron chi connectivity index (χ2n) is 6.41. The zero-order chi connectivity index (χ0) is 20.1. The molecule has 0 saturated heterocycles. The van der Waals surface area contributed by atoms with Gasteiger partial charge in [0, 0.05) is 0 Å². The standard InChI is InChI=1S/C20H22N2O5S/c1-2-5-15-8-10-16(11-9-15)27-13-12-21-19(23)14-22-20(24)17-6-3-4-7-18(17)28(22,25)26/h3-4,6-11H,2,5,12-14H2,1H3,(H,21,23). The highest BCUT2D eigenvalue weighted by Gasteiger charge is 2.41. The number of fused-ring (bicyclic) bond motifs is 1. The van der Waals surface area contributed by atoms with Gasteiger partial charge in [-0.1, -0.05) is 37.6 Å². The van der Waals surface area contributed by atoms with Gasteiger partial charge in [0.15, 0.2) is 0 Å². The van der Waals surface area contributed by atoms with Gasteiger partial charge in [0.25, 0.3) is 15.9 Å². The highest BCUT2D eigenvalue weighted by Crippen LogP contribution is 2.29. The summed E-state index contributed by atoms with van der Waals surface area (Å²) >= 11 is 0. The fraction of sp³-hybridized carbons (Fsp3) is 0.300. The number of hydrogen-bond donors (Lipinski definition) is 1. The number of nitrogens with zero attached hydrogens (tertiary/aromatic N) is 1. The average molecular weight is 402 g/mol. The van der Waals surface area contributed by atoms with Crippen LogP contribution in [0.15, 0.2) is 53.4 Å². The molecule has 0 saturated carbocycles. The van der Waals surface area contributed by atoms with Crippen molar-refractivity contribution >= 4 is 21.8 Å². The summed E-state index contributed by atoms with van der Waals surface area (Å²) in [4.78, 5) is 24.3. The van der Waals surface area contributed by atoms with Gasteiger partial charge in [0.2, 0.25) is 5.91 Å². The van der Waals surface area contributed by atoms with Gasteiger partial charge in [0.1, 0.15) is 23.8 Å². The lowest BCUT2D eigenvalue weighted by atomic mass is 10.1. The summed E-state index contributed by atoms with van der Waals surface area (Å²) in [7, 11) is -3.98. The molecule has 1 aliphatic heterocycles. The third-order valence-electron chi connectivity index (χ3n) is 4.35. The molecule has 1 heterocycles. The molecule has 2 aromatic carbocycles. The van der Waals surface area contributed by atoms with Crippen LogP contribution in [0.25, 0.3) is 0 Å². The van der Waals surface area contributed by atoms with Gasteiger partial charge in [-0.3, -0.25) is 9.59 Å². The largest absolute Gasteiger partial charge is 0.492 e. The minimum atomic E-state index is -3.98. The SMILES string of the molecule is CCCc1ccc(OCCNC(=O)CN2C(=O)c3ccccc3S2(=O)=O)cc1. The highest BCUT2D eigenvalue weighted by molar-refractivity contribution is 7.90. The van der Waals surface area contributed by atoms with Crippen molar-refractivity contribution < 1.29 is 22.7 Å². The van der Waals surface area contributed by atoms with Crippen molar-refractivity contribution in [2.75, 3.05) is 19.7 Å². The number of ether oxygens (including phenoxy) is 1. The van der Waals surface area contributed by atoms with Crippen LogP contribution in [0.5, 0.6) is 5.75 Å². The maximum Gasteiger partial charge on any atom is 0.269 e. The number of benzene rings is 2. The van der Waals surface area contributed by atoms with Gasteiger partial charge in [-0.25, -0.2) is 12.7 Å². The van der Waals surface area contributed by atoms with Gasteiger partial charge < -0.3 is 10.1 Å². The van der Waals surface area contributed by atoms with Crippen LogP contribution in [-0.4, -0.2) is 44.2 Å². The Hall–Kier alpha value is -2.87. The Morgan fingerprint density at radius 2 is 1.82 bits per heavy atom. The predicted octanol–water partition coefficient (Wildman–Crippen LogP) is 1.98. The predicted molar refractivity (Wildman–Crippen MR) is 104 cm³/mol. The molecular weight excluding hydrogens is 380 g/mol. The Morgan fingerprint density at radius 3 is 2.50 bits per heavy atom. The number of sulfonamides is 1. The molecule has 2 amide bonds. The third-order valence-corrected chi connectivity index (χ3v) is 6.14. The van der Waals surface area contributed by atoms with E-state index in [0.717, 1.165) is 12.8 Å². The van der Waals surface area contributed by atoms with Gasteiger partial charge in [-0.05, 0) is 36.2 Å². The van der Waals surface area contributed by atoms with Crippen molar-refractivity contribution in [3.8, 4) is 5.75 Å². The second-order valence-corrected chi connectivity index (χ2v) is 8.24. The molecule has 0 spiro atoms. The van der Waals surface area contributed by atoms with E-state index in [0.29, 0.717) is 10.1 Å². The molecule has 0 atom stereocenters. The van der Waals surface area contributed by atoms with Crippen LogP contribution in [0.2, 0.25) is 0 Å². The molecule has 8 heteroatoms. The van der Waals surface area contributed by atoms with E-state index in [1.54, 1.807) is 12.1 Å². The summed E-state index contributed by atoms with van der Waals surface area (Å²) in [5.41, 5.74) is 1.32. The summed E-state index contributed by atoms with van der Waals surface area (Å²) in [6, 6.07) is 13.7. The van der Waals surface area contributed by atoms with Crippen molar-refractivity contribution in [3.05, 3.63) is 59.7 Å². The monoisotopic (exact) mass is 402 g/mol. The van der Waals surface area contributed by atoms with Crippen molar-refractivity contribution in [3.63, 3.8) is 0 Å². The van der Waals surface area contributed by atoms with Crippen molar-refractivity contribution in [2.45, 2.75) is 24.7 Å². The van der Waals surface area contributed by atoms with Crippen LogP contribution in [-0.2, 0) is 21.2 Å². The molecule has 0 aromatic heterocycles. The lowest BCUT2D eigenvalue weighted by molar-refractivity contribution is -0.121. The quantitative estimate of drug-likeness (QED) is 0.682. The van der Waals surface area contributed by atoms with Crippen LogP contribution in [0.3, 0.4) is 0 Å². The number of hydrogen-bond acceptors (Lipinski definition) is 5. The van der Waals surface area contributed by atoms with Gasteiger partial charge >= 0.3 is 0 Å². The van der Waals surface area contributed by atoms with Gasteiger partial charge in [-0.15, -0.1) is 0 Å². The molecular formula is C20H22N2O5S. The second kappa shape index (κ2) is 8.43. The number of carbonyl (C=O) groups excluding carboxylic acids is 2. The molecule has 148 valence electrons. The summed E-state index contributed by atoms with van der Waals surface area (Å²) < 4.78 is 31.0. The Kier molecular flexibility index (Phi) is 5.99. The van der Waals surface area contributed by atoms with Gasteiger partial charge in [-0.2, -0.15) is 0 Å². The first-order chi connectivity index (χ1) is 13.4. The van der Waals surface area contributed by atoms with Crippen LogP contribution in [0.1, 0.15) is 29.3 Å². The van der Waals surface area contributed by atoms with Crippen molar-refractivity contribution in [1.82, 2.24) is 9.62 Å². The van der Waals surface area contributed by atoms with Crippen LogP contribution in [0.4, 0.5) is 0 Å². The number of rotatable bonds is 8. The Balaban J connectivity index is 1.48. The fourth-order valence-corrected chi connectivity index (χ4v) is 4.50. The number of carbonyl (C=O) groups is 2. The van der Waals surface area contributed by atoms with E-state index in [-0.39, 0.29) is 23.6 Å². The smallest absolute Gasteiger partial charge is 0.269 e. The minimum Gasteiger partial charge on any atom is -0.492 e. The van der Waals surface area contributed by atoms with Crippen LogP contribution >= 0.6 is 0 Å². The molecule has 1 N–H and O–H groups in total. The van der Waals surface area contributed by atoms with Crippen LogP contribution < -0.4 is 10.1 Å². The third kappa shape index (κ3) is 4.17. The minimum absolute atomic E-state index is 0.0670. The number of aryl methyl sites for hydroxylation is 1. The average Bonchev–Trinajstić information content (AvgIpc) is 2.88. The highest BCUT2D eigenvalue weighted by atomic mass is 32.2. The molecule has 2 aromatic rings. The van der Waals surface area contributed by atoms with E-state index in [2.05, 4.69) is 12.2 Å². The zero-order valence-corrected chi connectivity index (χ0v) is 16.4. The van der Waals surface area contributed by atoms with Gasteiger partial charge in [0.05, 0.1) is 12.1 Å². The number of nitrogens with one attached hydrogen (secondary N) is 1. The molecule has 0 aliphatic carbocycles. The Morgan fingerprint density at radius 1 is 1.11 bits per heavy atom. The summed E-state index contributed by atoms with van der Waals surface area (Å²) in [6.45, 7) is 2.00. The molecule has 0 radical (unpaired) electrons. The normalized spacial score (nSPS) is 14.6. The molecule has 0 bridgehead atoms. The fourth-order valence-electron chi connectivity index (χ4n) is 2.97. The van der Waals surface area contributed by atoms with E-state index in [1.807, 2.05) is 24.3 Å².